The first-order valence-corrected chi connectivity index (χ1v) is 8.82. The Morgan fingerprint density at radius 2 is 1.87 bits per heavy atom. The van der Waals surface area contributed by atoms with Gasteiger partial charge in [0, 0.05) is 17.4 Å². The van der Waals surface area contributed by atoms with Crippen LogP contribution in [0.25, 0.3) is 0 Å². The van der Waals surface area contributed by atoms with Crippen molar-refractivity contribution in [2.24, 2.45) is 5.92 Å². The van der Waals surface area contributed by atoms with Crippen molar-refractivity contribution < 1.29 is 14.3 Å². The summed E-state index contributed by atoms with van der Waals surface area (Å²) in [7, 11) is 3.08. The topological polar surface area (TPSA) is 73.3 Å². The van der Waals surface area contributed by atoms with Crippen LogP contribution in [0, 0.1) is 5.92 Å². The van der Waals surface area contributed by atoms with Crippen molar-refractivity contribution in [3.05, 3.63) is 23.8 Å². The molecule has 0 spiro atoms. The molecule has 8 heteroatoms. The van der Waals surface area contributed by atoms with Crippen molar-refractivity contribution in [2.75, 3.05) is 25.3 Å². The van der Waals surface area contributed by atoms with Crippen LogP contribution in [0.1, 0.15) is 24.2 Å². The fourth-order valence-corrected chi connectivity index (χ4v) is 3.39. The quantitative estimate of drug-likeness (QED) is 0.606. The summed E-state index contributed by atoms with van der Waals surface area (Å²) in [5, 5.41) is 11.3. The molecule has 0 aliphatic rings. The summed E-state index contributed by atoms with van der Waals surface area (Å²) in [4.78, 5) is 12.3. The molecular formula is C15H19N3O3S2. The lowest BCUT2D eigenvalue weighted by Gasteiger charge is -2.07. The number of thioether (sulfide) groups is 1. The Morgan fingerprint density at radius 3 is 2.43 bits per heavy atom. The molecule has 1 N–H and O–H groups in total. The van der Waals surface area contributed by atoms with E-state index in [1.54, 1.807) is 44.2 Å². The number of ether oxygens (including phenoxy) is 2. The van der Waals surface area contributed by atoms with Crippen molar-refractivity contribution in [1.82, 2.24) is 10.2 Å². The summed E-state index contributed by atoms with van der Waals surface area (Å²) < 4.78 is 11.2. The van der Waals surface area contributed by atoms with Gasteiger partial charge in [0.15, 0.2) is 4.34 Å². The molecule has 1 aromatic carbocycles. The van der Waals surface area contributed by atoms with Crippen LogP contribution in [0.4, 0.5) is 5.13 Å². The van der Waals surface area contributed by atoms with E-state index in [1.165, 1.54) is 11.3 Å². The number of nitrogens with one attached hydrogen (secondary N) is 1. The van der Waals surface area contributed by atoms with Gasteiger partial charge in [0.2, 0.25) is 5.13 Å². The average Bonchev–Trinajstić information content (AvgIpc) is 2.99. The van der Waals surface area contributed by atoms with Gasteiger partial charge in [-0.05, 0) is 18.1 Å². The summed E-state index contributed by atoms with van der Waals surface area (Å²) in [6.45, 7) is 4.29. The van der Waals surface area contributed by atoms with E-state index >= 15 is 0 Å². The molecule has 0 saturated carbocycles. The van der Waals surface area contributed by atoms with Crippen LogP contribution in [-0.4, -0.2) is 36.1 Å². The Kier molecular flexibility index (Phi) is 6.23. The van der Waals surface area contributed by atoms with E-state index in [2.05, 4.69) is 29.4 Å². The standard InChI is InChI=1S/C15H19N3O3S2/c1-9(2)8-22-15-18-17-14(23-15)16-13(19)10-5-11(20-3)7-12(6-10)21-4/h5-7,9H,8H2,1-4H3,(H,16,17,19). The maximum Gasteiger partial charge on any atom is 0.257 e. The number of rotatable bonds is 7. The fraction of sp³-hybridized carbons (Fsp3) is 0.400. The number of hydrogen-bond donors (Lipinski definition) is 1. The van der Waals surface area contributed by atoms with Crippen LogP contribution < -0.4 is 14.8 Å². The normalized spacial score (nSPS) is 10.7. The van der Waals surface area contributed by atoms with Gasteiger partial charge in [-0.2, -0.15) is 0 Å². The number of anilines is 1. The minimum absolute atomic E-state index is 0.279. The first-order valence-electron chi connectivity index (χ1n) is 7.02. The SMILES string of the molecule is COc1cc(OC)cc(C(=O)Nc2nnc(SCC(C)C)s2)c1. The number of hydrogen-bond acceptors (Lipinski definition) is 7. The number of aromatic nitrogens is 2. The van der Waals surface area contributed by atoms with Crippen LogP contribution in [-0.2, 0) is 0 Å². The second-order valence-electron chi connectivity index (χ2n) is 5.13. The van der Waals surface area contributed by atoms with Crippen LogP contribution in [0.5, 0.6) is 11.5 Å². The molecule has 0 aliphatic carbocycles. The van der Waals surface area contributed by atoms with E-state index in [4.69, 9.17) is 9.47 Å². The van der Waals surface area contributed by atoms with Gasteiger partial charge >= 0.3 is 0 Å². The lowest BCUT2D eigenvalue weighted by molar-refractivity contribution is 0.102. The maximum atomic E-state index is 12.3. The predicted molar refractivity (Wildman–Crippen MR) is 93.0 cm³/mol. The summed E-state index contributed by atoms with van der Waals surface area (Å²) in [5.41, 5.74) is 0.438. The Hall–Kier alpha value is -1.80. The van der Waals surface area contributed by atoms with Gasteiger partial charge in [-0.15, -0.1) is 10.2 Å². The van der Waals surface area contributed by atoms with E-state index in [9.17, 15) is 4.79 Å². The molecular weight excluding hydrogens is 334 g/mol. The summed E-state index contributed by atoms with van der Waals surface area (Å²) in [6.07, 6.45) is 0. The van der Waals surface area contributed by atoms with Crippen LogP contribution >= 0.6 is 23.1 Å². The minimum Gasteiger partial charge on any atom is -0.497 e. The highest BCUT2D eigenvalue weighted by Gasteiger charge is 2.13. The van der Waals surface area contributed by atoms with E-state index in [0.717, 1.165) is 10.1 Å². The van der Waals surface area contributed by atoms with Gasteiger partial charge in [0.1, 0.15) is 11.5 Å². The van der Waals surface area contributed by atoms with E-state index < -0.39 is 0 Å². The predicted octanol–water partition coefficient (Wildman–Crippen LogP) is 3.56. The van der Waals surface area contributed by atoms with Crippen LogP contribution in [0.2, 0.25) is 0 Å². The van der Waals surface area contributed by atoms with Crippen molar-refractivity contribution in [2.45, 2.75) is 18.2 Å². The fourth-order valence-electron chi connectivity index (χ4n) is 1.66. The van der Waals surface area contributed by atoms with Crippen molar-refractivity contribution in [1.29, 1.82) is 0 Å². The number of carbonyl (C=O) groups excluding carboxylic acids is 1. The molecule has 0 saturated heterocycles. The number of benzene rings is 1. The molecule has 1 amide bonds. The van der Waals surface area contributed by atoms with Gasteiger partial charge < -0.3 is 9.47 Å². The van der Waals surface area contributed by atoms with Crippen molar-refractivity contribution in [3.8, 4) is 11.5 Å². The minimum atomic E-state index is -0.279. The molecule has 124 valence electrons. The first kappa shape index (κ1) is 17.6. The second-order valence-corrected chi connectivity index (χ2v) is 7.38. The molecule has 6 nitrogen and oxygen atoms in total. The molecule has 2 aromatic rings. The molecule has 0 radical (unpaired) electrons. The molecule has 0 fully saturated rings. The van der Waals surface area contributed by atoms with Gasteiger partial charge in [-0.25, -0.2) is 0 Å². The zero-order valence-electron chi connectivity index (χ0n) is 13.5. The third kappa shape index (κ3) is 5.11. The molecule has 23 heavy (non-hydrogen) atoms. The Labute approximate surface area is 143 Å². The maximum absolute atomic E-state index is 12.3. The highest BCUT2D eigenvalue weighted by Crippen LogP contribution is 2.28. The number of carbonyl (C=O) groups is 1. The Bertz CT molecular complexity index is 651. The molecule has 0 atom stereocenters. The molecule has 0 aliphatic heterocycles. The zero-order chi connectivity index (χ0) is 16.8. The lowest BCUT2D eigenvalue weighted by atomic mass is 10.2. The monoisotopic (exact) mass is 353 g/mol. The average molecular weight is 353 g/mol. The number of amides is 1. The first-order chi connectivity index (χ1) is 11.0. The summed E-state index contributed by atoms with van der Waals surface area (Å²) in [5.74, 6) is 2.38. The largest absolute Gasteiger partial charge is 0.497 e. The van der Waals surface area contributed by atoms with Crippen molar-refractivity contribution in [3.63, 3.8) is 0 Å². The highest BCUT2D eigenvalue weighted by molar-refractivity contribution is 8.01. The van der Waals surface area contributed by atoms with E-state index in [0.29, 0.717) is 28.1 Å². The second kappa shape index (κ2) is 8.16. The van der Waals surface area contributed by atoms with Gasteiger partial charge in [-0.1, -0.05) is 36.9 Å². The van der Waals surface area contributed by atoms with E-state index in [1.807, 2.05) is 0 Å². The molecule has 1 heterocycles. The van der Waals surface area contributed by atoms with Crippen molar-refractivity contribution >= 4 is 34.1 Å². The molecule has 2 rings (SSSR count). The lowest BCUT2D eigenvalue weighted by Crippen LogP contribution is -2.12. The Balaban J connectivity index is 2.07. The Morgan fingerprint density at radius 1 is 1.22 bits per heavy atom. The molecule has 0 unspecified atom stereocenters. The van der Waals surface area contributed by atoms with Gasteiger partial charge in [0.25, 0.3) is 5.91 Å². The van der Waals surface area contributed by atoms with E-state index in [-0.39, 0.29) is 5.91 Å². The smallest absolute Gasteiger partial charge is 0.257 e. The van der Waals surface area contributed by atoms with Gasteiger partial charge in [0.05, 0.1) is 14.2 Å². The molecule has 1 aromatic heterocycles. The van der Waals surface area contributed by atoms with Gasteiger partial charge in [-0.3, -0.25) is 10.1 Å². The third-order valence-corrected chi connectivity index (χ3v) is 5.18. The van der Waals surface area contributed by atoms with Crippen LogP contribution in [0.3, 0.4) is 0 Å². The highest BCUT2D eigenvalue weighted by atomic mass is 32.2. The summed E-state index contributed by atoms with van der Waals surface area (Å²) >= 11 is 3.00. The zero-order valence-corrected chi connectivity index (χ0v) is 15.1. The molecule has 0 bridgehead atoms. The summed E-state index contributed by atoms with van der Waals surface area (Å²) in [6, 6.07) is 5.00. The number of nitrogens with zero attached hydrogens (tertiary/aromatic N) is 2. The number of methoxy groups -OCH3 is 2. The van der Waals surface area contributed by atoms with Crippen LogP contribution in [0.15, 0.2) is 22.5 Å². The third-order valence-electron chi connectivity index (χ3n) is 2.78.